The maximum atomic E-state index is 12.4. The Labute approximate surface area is 155 Å². The first-order valence-corrected chi connectivity index (χ1v) is 8.91. The number of nitrogens with one attached hydrogen (secondary N) is 2. The van der Waals surface area contributed by atoms with Gasteiger partial charge in [-0.15, -0.1) is 0 Å². The summed E-state index contributed by atoms with van der Waals surface area (Å²) in [5.74, 6) is 1.47. The zero-order valence-corrected chi connectivity index (χ0v) is 16.3. The number of hydrogen-bond donors (Lipinski definition) is 2. The highest BCUT2D eigenvalue weighted by atomic mass is 16.5. The summed E-state index contributed by atoms with van der Waals surface area (Å²) in [7, 11) is 3.64. The molecule has 5 nitrogen and oxygen atoms in total. The van der Waals surface area contributed by atoms with E-state index in [0.29, 0.717) is 13.2 Å². The van der Waals surface area contributed by atoms with Gasteiger partial charge < -0.3 is 19.7 Å². The van der Waals surface area contributed by atoms with Crippen molar-refractivity contribution in [3.63, 3.8) is 0 Å². The molecule has 0 aliphatic heterocycles. The Kier molecular flexibility index (Phi) is 7.04. The lowest BCUT2D eigenvalue weighted by molar-refractivity contribution is -0.885. The molecule has 0 saturated carbocycles. The van der Waals surface area contributed by atoms with E-state index in [2.05, 4.69) is 5.32 Å². The molecule has 0 aliphatic rings. The highest BCUT2D eigenvalue weighted by Gasteiger charge is 2.13. The molecular weight excluding hydrogens is 328 g/mol. The number of carbonyl (C=O) groups is 1. The van der Waals surface area contributed by atoms with Crippen LogP contribution in [0, 0.1) is 13.8 Å². The van der Waals surface area contributed by atoms with Crippen LogP contribution in [0.5, 0.6) is 11.5 Å². The van der Waals surface area contributed by atoms with Gasteiger partial charge in [-0.25, -0.2) is 0 Å². The summed E-state index contributed by atoms with van der Waals surface area (Å²) in [6.07, 6.45) is 0. The topological polar surface area (TPSA) is 52.0 Å². The first-order valence-electron chi connectivity index (χ1n) is 8.91. The number of methoxy groups -OCH3 is 1. The van der Waals surface area contributed by atoms with E-state index in [4.69, 9.17) is 9.47 Å². The van der Waals surface area contributed by atoms with Crippen LogP contribution in [0.2, 0.25) is 0 Å². The van der Waals surface area contributed by atoms with Crippen molar-refractivity contribution in [2.24, 2.45) is 0 Å². The Morgan fingerprint density at radius 3 is 2.58 bits per heavy atom. The van der Waals surface area contributed by atoms with Crippen LogP contribution in [0.4, 0.5) is 5.69 Å². The van der Waals surface area contributed by atoms with E-state index in [1.54, 1.807) is 7.11 Å². The third-order valence-electron chi connectivity index (χ3n) is 4.16. The van der Waals surface area contributed by atoms with Crippen molar-refractivity contribution in [1.29, 1.82) is 0 Å². The predicted molar refractivity (Wildman–Crippen MR) is 104 cm³/mol. The van der Waals surface area contributed by atoms with Gasteiger partial charge in [0, 0.05) is 11.3 Å². The number of benzene rings is 2. The Balaban J connectivity index is 1.96. The first-order chi connectivity index (χ1) is 12.4. The highest BCUT2D eigenvalue weighted by molar-refractivity contribution is 5.92. The number of hydrogen-bond acceptors (Lipinski definition) is 3. The van der Waals surface area contributed by atoms with E-state index in [1.165, 1.54) is 0 Å². The second kappa shape index (κ2) is 9.25. The Morgan fingerprint density at radius 2 is 1.88 bits per heavy atom. The summed E-state index contributed by atoms with van der Waals surface area (Å²) in [6, 6.07) is 12.0. The van der Waals surface area contributed by atoms with Crippen molar-refractivity contribution in [1.82, 2.24) is 0 Å². The van der Waals surface area contributed by atoms with Gasteiger partial charge in [0.2, 0.25) is 0 Å². The lowest BCUT2D eigenvalue weighted by atomic mass is 10.1. The monoisotopic (exact) mass is 357 g/mol. The van der Waals surface area contributed by atoms with Crippen molar-refractivity contribution in [3.8, 4) is 11.5 Å². The molecule has 0 heterocycles. The van der Waals surface area contributed by atoms with E-state index in [0.717, 1.165) is 45.3 Å². The van der Waals surface area contributed by atoms with Crippen molar-refractivity contribution in [2.75, 3.05) is 32.6 Å². The van der Waals surface area contributed by atoms with Gasteiger partial charge >= 0.3 is 0 Å². The number of aryl methyl sites for hydroxylation is 2. The minimum Gasteiger partial charge on any atom is -0.493 e. The molecule has 2 N–H and O–H groups in total. The Bertz CT molecular complexity index is 759. The molecule has 26 heavy (non-hydrogen) atoms. The summed E-state index contributed by atoms with van der Waals surface area (Å²) in [6.45, 7) is 7.68. The summed E-state index contributed by atoms with van der Waals surface area (Å²) >= 11 is 0. The molecular formula is C21H29N2O3+. The predicted octanol–water partition coefficient (Wildman–Crippen LogP) is 2.36. The summed E-state index contributed by atoms with van der Waals surface area (Å²) < 4.78 is 10.9. The van der Waals surface area contributed by atoms with E-state index < -0.39 is 0 Å². The van der Waals surface area contributed by atoms with Crippen molar-refractivity contribution in [3.05, 3.63) is 53.1 Å². The zero-order chi connectivity index (χ0) is 19.1. The van der Waals surface area contributed by atoms with Crippen LogP contribution >= 0.6 is 0 Å². The van der Waals surface area contributed by atoms with Gasteiger partial charge in [0.05, 0.1) is 20.8 Å². The highest BCUT2D eigenvalue weighted by Crippen LogP contribution is 2.27. The van der Waals surface area contributed by atoms with Crippen molar-refractivity contribution < 1.29 is 19.2 Å². The molecule has 0 aromatic heterocycles. The van der Waals surface area contributed by atoms with Gasteiger partial charge in [0.25, 0.3) is 5.91 Å². The largest absolute Gasteiger partial charge is 0.493 e. The van der Waals surface area contributed by atoms with E-state index in [1.807, 2.05) is 64.2 Å². The fourth-order valence-electron chi connectivity index (χ4n) is 2.85. The molecule has 5 heteroatoms. The number of quaternary nitrogens is 1. The number of likely N-dealkylation sites (N-methyl/N-ethyl adjacent to an activating group) is 1. The summed E-state index contributed by atoms with van der Waals surface area (Å²) in [5, 5.41) is 3.01. The zero-order valence-electron chi connectivity index (χ0n) is 16.3. The average molecular weight is 357 g/mol. The summed E-state index contributed by atoms with van der Waals surface area (Å²) in [4.78, 5) is 13.5. The molecule has 0 saturated heterocycles. The van der Waals surface area contributed by atoms with Gasteiger partial charge in [0.15, 0.2) is 18.0 Å². The first kappa shape index (κ1) is 19.8. The normalized spacial score (nSPS) is 11.7. The molecule has 0 bridgehead atoms. The third-order valence-corrected chi connectivity index (χ3v) is 4.16. The van der Waals surface area contributed by atoms with Gasteiger partial charge in [-0.2, -0.15) is 0 Å². The molecule has 0 fully saturated rings. The van der Waals surface area contributed by atoms with Crippen molar-refractivity contribution in [2.45, 2.75) is 27.3 Å². The van der Waals surface area contributed by atoms with E-state index >= 15 is 0 Å². The van der Waals surface area contributed by atoms with Crippen LogP contribution in [-0.2, 0) is 11.3 Å². The molecule has 0 spiro atoms. The number of anilines is 1. The molecule has 1 unspecified atom stereocenters. The maximum Gasteiger partial charge on any atom is 0.279 e. The second-order valence-corrected chi connectivity index (χ2v) is 6.60. The average Bonchev–Trinajstić information content (AvgIpc) is 2.59. The van der Waals surface area contributed by atoms with Crippen LogP contribution in [0.3, 0.4) is 0 Å². The van der Waals surface area contributed by atoms with Crippen molar-refractivity contribution >= 4 is 11.6 Å². The quantitative estimate of drug-likeness (QED) is 0.763. The lowest BCUT2D eigenvalue weighted by Gasteiger charge is -2.16. The number of amides is 1. The van der Waals surface area contributed by atoms with Crippen LogP contribution in [-0.4, -0.2) is 33.2 Å². The number of ether oxygens (including phenoxy) is 2. The molecule has 140 valence electrons. The molecule has 0 radical (unpaired) electrons. The van der Waals surface area contributed by atoms with Gasteiger partial charge in [-0.3, -0.25) is 4.79 Å². The Morgan fingerprint density at radius 1 is 1.12 bits per heavy atom. The molecule has 2 aromatic rings. The van der Waals surface area contributed by atoms with Gasteiger partial charge in [-0.1, -0.05) is 12.1 Å². The molecule has 2 rings (SSSR count). The van der Waals surface area contributed by atoms with E-state index in [9.17, 15) is 4.79 Å². The van der Waals surface area contributed by atoms with Crippen LogP contribution < -0.4 is 19.7 Å². The molecule has 2 aromatic carbocycles. The molecule has 1 atom stereocenters. The van der Waals surface area contributed by atoms with Crippen LogP contribution in [0.1, 0.15) is 23.6 Å². The third kappa shape index (κ3) is 5.49. The molecule has 1 amide bonds. The molecule has 0 aliphatic carbocycles. The minimum atomic E-state index is 0.00843. The SMILES string of the molecule is CCOc1ccc(C[NH+](C)CC(=O)Nc2cc(C)ccc2C)cc1OC. The van der Waals surface area contributed by atoms with Gasteiger partial charge in [0.1, 0.15) is 6.54 Å². The van der Waals surface area contributed by atoms with Crippen LogP contribution in [0.15, 0.2) is 36.4 Å². The standard InChI is InChI=1S/C21H28N2O3/c1-6-26-19-10-9-17(12-20(19)25-5)13-23(4)14-21(24)22-18-11-15(2)7-8-16(18)3/h7-12H,6,13-14H2,1-5H3,(H,22,24)/p+1. The number of rotatable bonds is 8. The Hall–Kier alpha value is -2.53. The maximum absolute atomic E-state index is 12.4. The van der Waals surface area contributed by atoms with Gasteiger partial charge in [-0.05, 0) is 56.2 Å². The fraction of sp³-hybridized carbons (Fsp3) is 0.381. The van der Waals surface area contributed by atoms with Crippen LogP contribution in [0.25, 0.3) is 0 Å². The minimum absolute atomic E-state index is 0.00843. The second-order valence-electron chi connectivity index (χ2n) is 6.60. The smallest absolute Gasteiger partial charge is 0.279 e. The summed E-state index contributed by atoms with van der Waals surface area (Å²) in [5.41, 5.74) is 4.18. The lowest BCUT2D eigenvalue weighted by Crippen LogP contribution is -3.08. The fourth-order valence-corrected chi connectivity index (χ4v) is 2.85. The number of carbonyl (C=O) groups excluding carboxylic acids is 1. The van der Waals surface area contributed by atoms with E-state index in [-0.39, 0.29) is 5.91 Å².